The maximum atomic E-state index is 14.7. The number of rotatable bonds is 3. The van der Waals surface area contributed by atoms with Crippen molar-refractivity contribution in [3.05, 3.63) is 0 Å². The quantitative estimate of drug-likeness (QED) is 0.694. The minimum absolute atomic E-state index is 0.638. The molecule has 136 valence electrons. The third-order valence-electron chi connectivity index (χ3n) is 5.77. The molecule has 0 unspecified atom stereocenters. The van der Waals surface area contributed by atoms with Gasteiger partial charge in [-0.05, 0) is 0 Å². The third-order valence-corrected chi connectivity index (χ3v) is 10.5. The summed E-state index contributed by atoms with van der Waals surface area (Å²) >= 11 is 0. The number of piperidine rings is 3. The summed E-state index contributed by atoms with van der Waals surface area (Å²) in [6, 6.07) is 0. The molecule has 0 bridgehead atoms. The molecule has 0 amide bonds. The van der Waals surface area contributed by atoms with Gasteiger partial charge >= 0.3 is 138 Å². The maximum absolute atomic E-state index is 14.7. The monoisotopic (exact) mass is 353 g/mol. The van der Waals surface area contributed by atoms with Crippen LogP contribution in [-0.4, -0.2) is 59.2 Å². The Bertz CT molecular complexity index is 328. The van der Waals surface area contributed by atoms with Gasteiger partial charge in [-0.3, -0.25) is 0 Å². The number of hydrogen-bond donors (Lipinski definition) is 0. The Morgan fingerprint density at radius 1 is 0.478 bits per heavy atom. The van der Waals surface area contributed by atoms with Crippen LogP contribution in [0.3, 0.4) is 0 Å². The van der Waals surface area contributed by atoms with Crippen LogP contribution in [0.4, 0.5) is 13.2 Å². The first kappa shape index (κ1) is 17.9. The molecule has 3 nitrogen and oxygen atoms in total. The van der Waals surface area contributed by atoms with Gasteiger partial charge in [-0.15, -0.1) is 0 Å². The van der Waals surface area contributed by atoms with Gasteiger partial charge in [0.05, 0.1) is 0 Å². The molecule has 0 aromatic rings. The van der Waals surface area contributed by atoms with Crippen molar-refractivity contribution in [1.29, 1.82) is 0 Å². The van der Waals surface area contributed by atoms with Crippen molar-refractivity contribution in [2.45, 2.75) is 63.7 Å². The van der Waals surface area contributed by atoms with Gasteiger partial charge in [0.1, 0.15) is 0 Å². The van der Waals surface area contributed by atoms with Gasteiger partial charge in [0, 0.05) is 0 Å². The standard InChI is InChI=1S/C16H31F3N3P/c17-16(18,19)23(20-10-4-1-5-11-20,21-12-6-2-7-13-21)22-14-8-3-9-15-22/h23H,1-15H2. The second-order valence-electron chi connectivity index (χ2n) is 7.28. The fourth-order valence-corrected chi connectivity index (χ4v) is 9.85. The van der Waals surface area contributed by atoms with Crippen molar-refractivity contribution >= 4 is 7.71 Å². The Labute approximate surface area is 138 Å². The second-order valence-corrected chi connectivity index (χ2v) is 11.0. The topological polar surface area (TPSA) is 9.72 Å². The predicted molar refractivity (Wildman–Crippen MR) is 90.6 cm³/mol. The summed E-state index contributed by atoms with van der Waals surface area (Å²) in [6.07, 6.45) is 8.79. The van der Waals surface area contributed by atoms with Gasteiger partial charge < -0.3 is 0 Å². The fraction of sp³-hybridized carbons (Fsp3) is 1.00. The molecule has 0 saturated carbocycles. The molecule has 0 aromatic heterocycles. The Balaban J connectivity index is 1.99. The van der Waals surface area contributed by atoms with E-state index < -0.39 is 13.6 Å². The van der Waals surface area contributed by atoms with Crippen LogP contribution >= 0.6 is 7.71 Å². The molecule has 0 aromatic carbocycles. The molecule has 23 heavy (non-hydrogen) atoms. The molecule has 3 saturated heterocycles. The van der Waals surface area contributed by atoms with E-state index in [0.29, 0.717) is 39.3 Å². The van der Waals surface area contributed by atoms with E-state index in [9.17, 15) is 13.2 Å². The van der Waals surface area contributed by atoms with Crippen LogP contribution in [0.1, 0.15) is 57.8 Å². The Hall–Kier alpha value is 0.1000. The van der Waals surface area contributed by atoms with E-state index in [1.165, 1.54) is 0 Å². The summed E-state index contributed by atoms with van der Waals surface area (Å²) in [6.45, 7) is 3.83. The summed E-state index contributed by atoms with van der Waals surface area (Å²) in [4.78, 5) is 0. The van der Waals surface area contributed by atoms with Crippen LogP contribution in [-0.2, 0) is 0 Å². The van der Waals surface area contributed by atoms with Crippen LogP contribution in [0.2, 0.25) is 0 Å². The molecule has 3 aliphatic heterocycles. The first-order valence-corrected chi connectivity index (χ1v) is 11.2. The van der Waals surface area contributed by atoms with Crippen molar-refractivity contribution in [2.24, 2.45) is 0 Å². The molecule has 0 spiro atoms. The molecule has 3 aliphatic rings. The number of alkyl halides is 3. The zero-order valence-electron chi connectivity index (χ0n) is 14.1. The normalized spacial score (nSPS) is 28.0. The van der Waals surface area contributed by atoms with E-state index in [1.54, 1.807) is 0 Å². The third kappa shape index (κ3) is 3.42. The van der Waals surface area contributed by atoms with E-state index in [-0.39, 0.29) is 0 Å². The SMILES string of the molecule is FC(F)(F)[PH](N1CCCCC1)(N1CCCCC1)N1CCCCC1. The van der Waals surface area contributed by atoms with Crippen LogP contribution in [0.25, 0.3) is 0 Å². The zero-order valence-corrected chi connectivity index (χ0v) is 15.1. The van der Waals surface area contributed by atoms with Crippen molar-refractivity contribution in [3.63, 3.8) is 0 Å². The molecule has 0 radical (unpaired) electrons. The van der Waals surface area contributed by atoms with Crippen molar-refractivity contribution in [2.75, 3.05) is 39.3 Å². The summed E-state index contributed by atoms with van der Waals surface area (Å²) < 4.78 is 49.7. The second kappa shape index (κ2) is 7.55. The van der Waals surface area contributed by atoms with Gasteiger partial charge in [0.15, 0.2) is 0 Å². The molecular formula is C16H31F3N3P. The summed E-state index contributed by atoms with van der Waals surface area (Å²) in [5.74, 6) is -4.10. The van der Waals surface area contributed by atoms with Gasteiger partial charge in [0.2, 0.25) is 0 Å². The van der Waals surface area contributed by atoms with E-state index in [1.807, 2.05) is 14.0 Å². The van der Waals surface area contributed by atoms with Crippen LogP contribution in [0, 0.1) is 0 Å². The Morgan fingerprint density at radius 3 is 0.957 bits per heavy atom. The van der Waals surface area contributed by atoms with Crippen LogP contribution in [0.15, 0.2) is 0 Å². The van der Waals surface area contributed by atoms with E-state index in [2.05, 4.69) is 0 Å². The van der Waals surface area contributed by atoms with Crippen molar-refractivity contribution in [1.82, 2.24) is 14.0 Å². The first-order valence-electron chi connectivity index (χ1n) is 9.39. The minimum atomic E-state index is -4.10. The van der Waals surface area contributed by atoms with Crippen molar-refractivity contribution in [3.8, 4) is 0 Å². The van der Waals surface area contributed by atoms with Gasteiger partial charge in [-0.1, -0.05) is 0 Å². The predicted octanol–water partition coefficient (Wildman–Crippen LogP) is 4.46. The molecule has 0 aliphatic carbocycles. The van der Waals surface area contributed by atoms with Gasteiger partial charge in [0.25, 0.3) is 0 Å². The van der Waals surface area contributed by atoms with Gasteiger partial charge in [-0.2, -0.15) is 0 Å². The number of halogens is 3. The summed E-state index contributed by atoms with van der Waals surface area (Å²) in [5.41, 5.74) is 0. The Morgan fingerprint density at radius 2 is 0.739 bits per heavy atom. The molecule has 0 N–H and O–H groups in total. The molecular weight excluding hydrogens is 322 g/mol. The number of hydrogen-bond acceptors (Lipinski definition) is 3. The van der Waals surface area contributed by atoms with E-state index in [0.717, 1.165) is 57.8 Å². The van der Waals surface area contributed by atoms with Crippen molar-refractivity contribution < 1.29 is 13.2 Å². The van der Waals surface area contributed by atoms with Gasteiger partial charge in [-0.25, -0.2) is 0 Å². The average Bonchev–Trinajstić information content (AvgIpc) is 2.57. The fourth-order valence-electron chi connectivity index (χ4n) is 4.75. The molecule has 0 atom stereocenters. The first-order chi connectivity index (χ1) is 11.1. The van der Waals surface area contributed by atoms with E-state index >= 15 is 0 Å². The summed E-state index contributed by atoms with van der Waals surface area (Å²) in [7, 11) is -3.79. The number of nitrogens with zero attached hydrogens (tertiary/aromatic N) is 3. The average molecular weight is 353 g/mol. The van der Waals surface area contributed by atoms with E-state index in [4.69, 9.17) is 0 Å². The molecule has 7 heteroatoms. The molecule has 3 heterocycles. The molecule has 3 fully saturated rings. The summed E-state index contributed by atoms with van der Waals surface area (Å²) in [5, 5.41) is 0. The van der Waals surface area contributed by atoms with Crippen LogP contribution in [0.5, 0.6) is 0 Å². The van der Waals surface area contributed by atoms with Crippen LogP contribution < -0.4 is 0 Å². The molecule has 3 rings (SSSR count). The Kier molecular flexibility index (Phi) is 5.88. The zero-order chi connectivity index (χ0) is 16.3.